The molecule has 4 heteroatoms. The largest absolute Gasteiger partial charge is 0.378 e. The van der Waals surface area contributed by atoms with Gasteiger partial charge in [0, 0.05) is 30.9 Å². The van der Waals surface area contributed by atoms with Gasteiger partial charge in [0.15, 0.2) is 0 Å². The fourth-order valence-electron chi connectivity index (χ4n) is 2.27. The average Bonchev–Trinajstić information content (AvgIpc) is 2.92. The van der Waals surface area contributed by atoms with Crippen molar-refractivity contribution >= 4 is 17.5 Å². The van der Waals surface area contributed by atoms with E-state index < -0.39 is 0 Å². The van der Waals surface area contributed by atoms with E-state index in [9.17, 15) is 4.79 Å². The van der Waals surface area contributed by atoms with Crippen molar-refractivity contribution < 1.29 is 9.53 Å². The minimum atomic E-state index is 0.0566. The molecule has 0 aromatic rings. The molecule has 1 atom stereocenters. The zero-order chi connectivity index (χ0) is 13.4. The van der Waals surface area contributed by atoms with Crippen LogP contribution >= 0.6 is 11.6 Å². The van der Waals surface area contributed by atoms with Gasteiger partial charge < -0.3 is 10.1 Å². The number of hydrogen-bond donors (Lipinski definition) is 1. The Labute approximate surface area is 116 Å². The summed E-state index contributed by atoms with van der Waals surface area (Å²) in [5.74, 6) is 0.730. The third-order valence-electron chi connectivity index (χ3n) is 4.16. The monoisotopic (exact) mass is 275 g/mol. The number of rotatable bonds is 8. The zero-order valence-corrected chi connectivity index (χ0v) is 12.4. The molecule has 0 bridgehead atoms. The van der Waals surface area contributed by atoms with E-state index in [2.05, 4.69) is 19.2 Å². The predicted molar refractivity (Wildman–Crippen MR) is 75.0 cm³/mol. The molecule has 1 fully saturated rings. The smallest absolute Gasteiger partial charge is 0.220 e. The Morgan fingerprint density at radius 1 is 1.44 bits per heavy atom. The molecule has 18 heavy (non-hydrogen) atoms. The Balaban J connectivity index is 2.22. The molecule has 1 N–H and O–H groups in total. The molecule has 0 aromatic carbocycles. The van der Waals surface area contributed by atoms with E-state index in [0.717, 1.165) is 38.7 Å². The van der Waals surface area contributed by atoms with Crippen molar-refractivity contribution in [1.29, 1.82) is 0 Å². The fraction of sp³-hybridized carbons (Fsp3) is 0.929. The van der Waals surface area contributed by atoms with E-state index in [4.69, 9.17) is 16.3 Å². The van der Waals surface area contributed by atoms with Crippen molar-refractivity contribution in [3.63, 3.8) is 0 Å². The lowest BCUT2D eigenvalue weighted by Gasteiger charge is -2.29. The number of hydrogen-bond acceptors (Lipinski definition) is 2. The van der Waals surface area contributed by atoms with Crippen LogP contribution < -0.4 is 5.32 Å². The van der Waals surface area contributed by atoms with Crippen LogP contribution in [0.4, 0.5) is 0 Å². The van der Waals surface area contributed by atoms with E-state index in [1.165, 1.54) is 0 Å². The number of carbonyl (C=O) groups is 1. The minimum absolute atomic E-state index is 0.0566. The predicted octanol–water partition coefficient (Wildman–Crippen LogP) is 3.11. The van der Waals surface area contributed by atoms with Gasteiger partial charge in [0.2, 0.25) is 5.91 Å². The van der Waals surface area contributed by atoms with Gasteiger partial charge in [-0.3, -0.25) is 4.79 Å². The van der Waals surface area contributed by atoms with Crippen molar-refractivity contribution in [3.8, 4) is 0 Å². The summed E-state index contributed by atoms with van der Waals surface area (Å²) in [6.07, 6.45) is 5.94. The molecule has 1 heterocycles. The van der Waals surface area contributed by atoms with E-state index in [0.29, 0.717) is 24.9 Å². The summed E-state index contributed by atoms with van der Waals surface area (Å²) in [6, 6.07) is 0. The summed E-state index contributed by atoms with van der Waals surface area (Å²) in [7, 11) is 0. The van der Waals surface area contributed by atoms with Crippen molar-refractivity contribution in [2.24, 2.45) is 5.41 Å². The van der Waals surface area contributed by atoms with Crippen LogP contribution in [0.3, 0.4) is 0 Å². The van der Waals surface area contributed by atoms with Gasteiger partial charge in [0.25, 0.3) is 0 Å². The van der Waals surface area contributed by atoms with Crippen LogP contribution in [0.15, 0.2) is 0 Å². The molecule has 1 rings (SSSR count). The second-order valence-corrected chi connectivity index (χ2v) is 5.56. The summed E-state index contributed by atoms with van der Waals surface area (Å²) in [5.41, 5.74) is 0.0566. The van der Waals surface area contributed by atoms with Crippen molar-refractivity contribution in [3.05, 3.63) is 0 Å². The van der Waals surface area contributed by atoms with Crippen LogP contribution in [-0.2, 0) is 9.53 Å². The van der Waals surface area contributed by atoms with Crippen LogP contribution in [0.2, 0.25) is 0 Å². The number of ether oxygens (including phenoxy) is 1. The first-order valence-electron chi connectivity index (χ1n) is 7.10. The van der Waals surface area contributed by atoms with Gasteiger partial charge in [-0.1, -0.05) is 13.8 Å². The first-order chi connectivity index (χ1) is 8.65. The highest BCUT2D eigenvalue weighted by molar-refractivity contribution is 6.18. The number of amides is 1. The minimum Gasteiger partial charge on any atom is -0.378 e. The molecule has 0 spiro atoms. The quantitative estimate of drug-likeness (QED) is 0.691. The van der Waals surface area contributed by atoms with Crippen LogP contribution in [0.25, 0.3) is 0 Å². The molecule has 0 aliphatic carbocycles. The highest BCUT2D eigenvalue weighted by atomic mass is 35.5. The lowest BCUT2D eigenvalue weighted by Crippen LogP contribution is -2.38. The average molecular weight is 276 g/mol. The van der Waals surface area contributed by atoms with Crippen LogP contribution in [0, 0.1) is 5.41 Å². The topological polar surface area (TPSA) is 38.3 Å². The third-order valence-corrected chi connectivity index (χ3v) is 4.73. The zero-order valence-electron chi connectivity index (χ0n) is 11.6. The Hall–Kier alpha value is -0.280. The maximum absolute atomic E-state index is 11.8. The number of nitrogens with one attached hydrogen (secondary N) is 1. The molecule has 1 amide bonds. The van der Waals surface area contributed by atoms with Gasteiger partial charge in [-0.05, 0) is 32.1 Å². The Morgan fingerprint density at radius 3 is 2.67 bits per heavy atom. The molecule has 0 aromatic heterocycles. The lowest BCUT2D eigenvalue weighted by atomic mass is 9.84. The van der Waals surface area contributed by atoms with Gasteiger partial charge in [0.05, 0.1) is 6.10 Å². The van der Waals surface area contributed by atoms with Crippen LogP contribution in [0.5, 0.6) is 0 Å². The molecule has 1 unspecified atom stereocenters. The Kier molecular flexibility index (Phi) is 7.02. The maximum Gasteiger partial charge on any atom is 0.220 e. The van der Waals surface area contributed by atoms with Crippen LogP contribution in [0.1, 0.15) is 52.4 Å². The SMILES string of the molecule is CCC(CC)(CCl)CNC(=O)CCC1CCCO1. The molecular formula is C14H26ClNO2. The highest BCUT2D eigenvalue weighted by Crippen LogP contribution is 2.27. The van der Waals surface area contributed by atoms with Crippen LogP contribution in [-0.4, -0.2) is 31.0 Å². The summed E-state index contributed by atoms with van der Waals surface area (Å²) < 4.78 is 5.51. The normalized spacial score (nSPS) is 20.1. The maximum atomic E-state index is 11.8. The Morgan fingerprint density at radius 2 is 2.17 bits per heavy atom. The lowest BCUT2D eigenvalue weighted by molar-refractivity contribution is -0.122. The van der Waals surface area contributed by atoms with E-state index in [1.54, 1.807) is 0 Å². The van der Waals surface area contributed by atoms with E-state index >= 15 is 0 Å². The molecule has 106 valence electrons. The van der Waals surface area contributed by atoms with Gasteiger partial charge in [0.1, 0.15) is 0 Å². The standard InChI is InChI=1S/C14H26ClNO2/c1-3-14(4-2,10-15)11-16-13(17)8-7-12-6-5-9-18-12/h12H,3-11H2,1-2H3,(H,16,17). The first kappa shape index (κ1) is 15.8. The summed E-state index contributed by atoms with van der Waals surface area (Å²) in [5, 5.41) is 3.02. The van der Waals surface area contributed by atoms with Crippen molar-refractivity contribution in [2.45, 2.75) is 58.5 Å². The fourth-order valence-corrected chi connectivity index (χ4v) is 2.75. The van der Waals surface area contributed by atoms with E-state index in [-0.39, 0.29) is 11.3 Å². The summed E-state index contributed by atoms with van der Waals surface area (Å²) in [6.45, 7) is 5.80. The van der Waals surface area contributed by atoms with Gasteiger partial charge in [-0.15, -0.1) is 11.6 Å². The number of alkyl halides is 1. The Bertz CT molecular complexity index is 240. The number of halogens is 1. The second kappa shape index (κ2) is 8.00. The molecule has 1 saturated heterocycles. The van der Waals surface area contributed by atoms with Gasteiger partial charge in [-0.25, -0.2) is 0 Å². The molecule has 3 nitrogen and oxygen atoms in total. The molecular weight excluding hydrogens is 250 g/mol. The third kappa shape index (κ3) is 4.77. The number of carbonyl (C=O) groups excluding carboxylic acids is 1. The van der Waals surface area contributed by atoms with Gasteiger partial charge >= 0.3 is 0 Å². The highest BCUT2D eigenvalue weighted by Gasteiger charge is 2.25. The van der Waals surface area contributed by atoms with E-state index in [1.807, 2.05) is 0 Å². The van der Waals surface area contributed by atoms with Crippen molar-refractivity contribution in [2.75, 3.05) is 19.0 Å². The van der Waals surface area contributed by atoms with Crippen molar-refractivity contribution in [1.82, 2.24) is 5.32 Å². The first-order valence-corrected chi connectivity index (χ1v) is 7.63. The summed E-state index contributed by atoms with van der Waals surface area (Å²) >= 11 is 6.02. The van der Waals surface area contributed by atoms with Gasteiger partial charge in [-0.2, -0.15) is 0 Å². The molecule has 1 aliphatic heterocycles. The molecule has 0 radical (unpaired) electrons. The molecule has 1 aliphatic rings. The molecule has 0 saturated carbocycles. The second-order valence-electron chi connectivity index (χ2n) is 5.29. The summed E-state index contributed by atoms with van der Waals surface area (Å²) in [4.78, 5) is 11.8.